The molecule has 0 atom stereocenters. The number of carbonyl (C=O) groups is 1. The average molecular weight is 184 g/mol. The van der Waals surface area contributed by atoms with Gasteiger partial charge in [-0.3, -0.25) is 0 Å². The first-order valence-electron chi connectivity index (χ1n) is 3.57. The van der Waals surface area contributed by atoms with Crippen molar-refractivity contribution in [2.45, 2.75) is 6.92 Å². The number of aryl methyl sites for hydroxylation is 1. The van der Waals surface area contributed by atoms with Gasteiger partial charge in [0.25, 0.3) is 5.78 Å². The molecule has 0 unspecified atom stereocenters. The molecule has 0 N–H and O–H groups in total. The van der Waals surface area contributed by atoms with Crippen molar-refractivity contribution >= 4 is 11.7 Å². The van der Waals surface area contributed by atoms with Crippen molar-refractivity contribution in [3.05, 3.63) is 23.8 Å². The molecule has 66 valence electrons. The van der Waals surface area contributed by atoms with Crippen molar-refractivity contribution in [1.29, 1.82) is 0 Å². The predicted octanol–water partition coefficient (Wildman–Crippen LogP) is -4.20. The Morgan fingerprint density at radius 1 is 1.57 bits per heavy atom. The summed E-state index contributed by atoms with van der Waals surface area (Å²) >= 11 is 0. The number of nitrogens with zero attached hydrogens (tertiary/aromatic N) is 4. The molecule has 7 heteroatoms. The van der Waals surface area contributed by atoms with E-state index < -0.39 is 5.97 Å². The molecule has 2 aromatic heterocycles. The number of carboxylic acid groups (broad SMARTS) is 1. The van der Waals surface area contributed by atoms with Gasteiger partial charge in [-0.05, 0) is 12.5 Å². The fraction of sp³-hybridized carbons (Fsp3) is 0.143. The molecule has 0 spiro atoms. The van der Waals surface area contributed by atoms with E-state index in [0.29, 0.717) is 0 Å². The number of hydrogen-bond acceptors (Lipinski definition) is 5. The Bertz CT molecular complexity index is 481. The molecule has 0 fully saturated rings. The molecule has 0 saturated heterocycles. The molecule has 0 aliphatic heterocycles. The Kier molecular flexibility index (Phi) is 2.89. The van der Waals surface area contributed by atoms with Gasteiger partial charge >= 0.3 is 18.9 Å². The summed E-state index contributed by atoms with van der Waals surface area (Å²) in [5, 5.41) is 14.0. The molecular formula is C7H5LiN4O2. The smallest absolute Gasteiger partial charge is 0.541 e. The standard InChI is InChI=1S/C7H6N4O2.Li/c1-4-2-8-7-9-5(6(12)13)10-11(7)3-4;/h2-3H,1H3,(H,12,13);/q;+1/p-1. The quantitative estimate of drug-likeness (QED) is 0.419. The van der Waals surface area contributed by atoms with Crippen molar-refractivity contribution in [1.82, 2.24) is 19.6 Å². The van der Waals surface area contributed by atoms with E-state index in [9.17, 15) is 9.90 Å². The number of aromatic nitrogens is 4. The van der Waals surface area contributed by atoms with Gasteiger partial charge in [0, 0.05) is 12.4 Å². The number of carboxylic acids is 1. The summed E-state index contributed by atoms with van der Waals surface area (Å²) in [6.45, 7) is 1.83. The van der Waals surface area contributed by atoms with Crippen LogP contribution in [-0.4, -0.2) is 25.6 Å². The minimum atomic E-state index is -1.40. The molecule has 0 radical (unpaired) electrons. The molecule has 0 saturated carbocycles. The fourth-order valence-electron chi connectivity index (χ4n) is 0.962. The van der Waals surface area contributed by atoms with Crippen LogP contribution >= 0.6 is 0 Å². The van der Waals surface area contributed by atoms with Gasteiger partial charge in [0.05, 0.1) is 0 Å². The van der Waals surface area contributed by atoms with Gasteiger partial charge in [-0.2, -0.15) is 4.98 Å². The van der Waals surface area contributed by atoms with Gasteiger partial charge in [-0.25, -0.2) is 9.50 Å². The zero-order valence-corrected chi connectivity index (χ0v) is 7.76. The van der Waals surface area contributed by atoms with E-state index in [-0.39, 0.29) is 30.5 Å². The van der Waals surface area contributed by atoms with Gasteiger partial charge in [0.2, 0.25) is 0 Å². The summed E-state index contributed by atoms with van der Waals surface area (Å²) in [6.07, 6.45) is 3.23. The van der Waals surface area contributed by atoms with Crippen LogP contribution in [0.15, 0.2) is 12.4 Å². The average Bonchev–Trinajstić information content (AvgIpc) is 2.46. The third kappa shape index (κ3) is 1.76. The second-order valence-corrected chi connectivity index (χ2v) is 2.60. The summed E-state index contributed by atoms with van der Waals surface area (Å²) in [6, 6.07) is 0. The zero-order valence-electron chi connectivity index (χ0n) is 7.76. The minimum absolute atomic E-state index is 0. The van der Waals surface area contributed by atoms with E-state index in [1.165, 1.54) is 4.52 Å². The summed E-state index contributed by atoms with van der Waals surface area (Å²) in [5.74, 6) is -1.49. The number of hydrogen-bond donors (Lipinski definition) is 0. The summed E-state index contributed by atoms with van der Waals surface area (Å²) in [4.78, 5) is 17.9. The maximum absolute atomic E-state index is 10.4. The van der Waals surface area contributed by atoms with Crippen LogP contribution < -0.4 is 24.0 Å². The van der Waals surface area contributed by atoms with E-state index in [1.54, 1.807) is 12.4 Å². The zero-order chi connectivity index (χ0) is 9.42. The second-order valence-electron chi connectivity index (χ2n) is 2.60. The van der Waals surface area contributed by atoms with E-state index in [1.807, 2.05) is 6.92 Å². The summed E-state index contributed by atoms with van der Waals surface area (Å²) in [7, 11) is 0. The van der Waals surface area contributed by atoms with Crippen LogP contribution in [0.5, 0.6) is 0 Å². The van der Waals surface area contributed by atoms with Crippen molar-refractivity contribution in [2.24, 2.45) is 0 Å². The van der Waals surface area contributed by atoms with Crippen LogP contribution in [0.1, 0.15) is 16.2 Å². The van der Waals surface area contributed by atoms with Crippen LogP contribution in [0.2, 0.25) is 0 Å². The Morgan fingerprint density at radius 2 is 2.29 bits per heavy atom. The Labute approximate surface area is 91.2 Å². The van der Waals surface area contributed by atoms with Crippen LogP contribution in [0.3, 0.4) is 0 Å². The van der Waals surface area contributed by atoms with Crippen LogP contribution in [0, 0.1) is 6.92 Å². The maximum Gasteiger partial charge on any atom is 1.00 e. The molecule has 2 rings (SSSR count). The second kappa shape index (κ2) is 3.78. The van der Waals surface area contributed by atoms with Crippen LogP contribution in [0.25, 0.3) is 5.78 Å². The fourth-order valence-corrected chi connectivity index (χ4v) is 0.962. The molecule has 0 aliphatic rings. The first kappa shape index (κ1) is 10.7. The number of fused-ring (bicyclic) bond motifs is 1. The van der Waals surface area contributed by atoms with Crippen molar-refractivity contribution in [3.8, 4) is 0 Å². The molecule has 0 bridgehead atoms. The first-order valence-corrected chi connectivity index (χ1v) is 3.57. The van der Waals surface area contributed by atoms with Crippen LogP contribution in [0.4, 0.5) is 0 Å². The number of aromatic carboxylic acids is 1. The molecule has 0 aliphatic carbocycles. The van der Waals surface area contributed by atoms with Gasteiger partial charge in [0.1, 0.15) is 5.97 Å². The molecular weight excluding hydrogens is 179 g/mol. The predicted molar refractivity (Wildman–Crippen MR) is 39.8 cm³/mol. The van der Waals surface area contributed by atoms with E-state index in [4.69, 9.17) is 0 Å². The minimum Gasteiger partial charge on any atom is -0.541 e. The number of rotatable bonds is 1. The Balaban J connectivity index is 0.000000980. The number of carbonyl (C=O) groups excluding carboxylic acids is 1. The first-order chi connectivity index (χ1) is 6.16. The van der Waals surface area contributed by atoms with Gasteiger partial charge in [-0.1, -0.05) is 0 Å². The van der Waals surface area contributed by atoms with Gasteiger partial charge in [-0.15, -0.1) is 5.10 Å². The van der Waals surface area contributed by atoms with Crippen LogP contribution in [-0.2, 0) is 0 Å². The largest absolute Gasteiger partial charge is 1.00 e. The maximum atomic E-state index is 10.4. The van der Waals surface area contributed by atoms with E-state index >= 15 is 0 Å². The van der Waals surface area contributed by atoms with E-state index in [2.05, 4.69) is 15.1 Å². The monoisotopic (exact) mass is 184 g/mol. The molecule has 0 aromatic carbocycles. The Hall–Kier alpha value is -1.38. The summed E-state index contributed by atoms with van der Waals surface area (Å²) < 4.78 is 1.31. The molecule has 2 aromatic rings. The summed E-state index contributed by atoms with van der Waals surface area (Å²) in [5.41, 5.74) is 0.877. The topological polar surface area (TPSA) is 83.2 Å². The molecule has 2 heterocycles. The SMILES string of the molecule is Cc1cnc2nc(C(=O)[O-])nn2c1.[Li+]. The van der Waals surface area contributed by atoms with Gasteiger partial charge < -0.3 is 9.90 Å². The third-order valence-electron chi connectivity index (χ3n) is 1.51. The molecule has 14 heavy (non-hydrogen) atoms. The Morgan fingerprint density at radius 3 is 2.93 bits per heavy atom. The van der Waals surface area contributed by atoms with Gasteiger partial charge in [0.15, 0.2) is 5.82 Å². The molecule has 6 nitrogen and oxygen atoms in total. The van der Waals surface area contributed by atoms with Crippen molar-refractivity contribution < 1.29 is 28.8 Å². The normalized spacial score (nSPS) is 9.79. The third-order valence-corrected chi connectivity index (χ3v) is 1.51. The van der Waals surface area contributed by atoms with E-state index in [0.717, 1.165) is 5.56 Å². The van der Waals surface area contributed by atoms with Crippen molar-refractivity contribution in [2.75, 3.05) is 0 Å². The molecule has 0 amide bonds. The van der Waals surface area contributed by atoms with Crippen molar-refractivity contribution in [3.63, 3.8) is 0 Å².